The Hall–Kier alpha value is -2.18. The van der Waals surface area contributed by atoms with Crippen LogP contribution in [0.25, 0.3) is 10.2 Å². The number of aromatic nitrogens is 2. The molecule has 0 amide bonds. The maximum atomic E-state index is 11.9. The number of esters is 1. The van der Waals surface area contributed by atoms with Gasteiger partial charge in [-0.15, -0.1) is 23.7 Å². The van der Waals surface area contributed by atoms with Crippen LogP contribution in [0.15, 0.2) is 30.6 Å². The molecule has 1 aliphatic rings. The molecule has 3 aromatic rings. The van der Waals surface area contributed by atoms with E-state index in [1.54, 1.807) is 29.8 Å². The minimum Gasteiger partial charge on any atom is -0.462 e. The van der Waals surface area contributed by atoms with Crippen molar-refractivity contribution in [1.82, 2.24) is 9.97 Å². The summed E-state index contributed by atoms with van der Waals surface area (Å²) in [6, 6.07) is 7.34. The monoisotopic (exact) mass is 417 g/mol. The summed E-state index contributed by atoms with van der Waals surface area (Å²) in [5.41, 5.74) is 2.85. The summed E-state index contributed by atoms with van der Waals surface area (Å²) < 4.78 is 5.17. The summed E-state index contributed by atoms with van der Waals surface area (Å²) in [5.74, 6) is 1.29. The maximum Gasteiger partial charge on any atom is 0.338 e. The fourth-order valence-corrected chi connectivity index (χ4v) is 4.82. The SMILES string of the molecule is CCCOC(=O)c1ccc(Nc2ncnc3sc4c(c23)CCC(C)C4)cc1.Cl. The molecule has 0 spiro atoms. The average Bonchev–Trinajstić information content (AvgIpc) is 3.05. The van der Waals surface area contributed by atoms with E-state index in [-0.39, 0.29) is 18.4 Å². The number of halogens is 1. The second kappa shape index (κ2) is 8.88. The van der Waals surface area contributed by atoms with Gasteiger partial charge in [-0.3, -0.25) is 0 Å². The number of carbonyl (C=O) groups excluding carboxylic acids is 1. The van der Waals surface area contributed by atoms with Crippen molar-refractivity contribution in [2.24, 2.45) is 5.92 Å². The van der Waals surface area contributed by atoms with Crippen LogP contribution in [0.1, 0.15) is 47.5 Å². The maximum absolute atomic E-state index is 11.9. The molecule has 28 heavy (non-hydrogen) atoms. The van der Waals surface area contributed by atoms with Crippen molar-refractivity contribution >= 4 is 51.4 Å². The minimum absolute atomic E-state index is 0. The van der Waals surface area contributed by atoms with Gasteiger partial charge < -0.3 is 10.1 Å². The van der Waals surface area contributed by atoms with E-state index in [2.05, 4.69) is 22.2 Å². The molecule has 5 nitrogen and oxygen atoms in total. The number of thiophene rings is 1. The van der Waals surface area contributed by atoms with E-state index in [4.69, 9.17) is 4.74 Å². The van der Waals surface area contributed by atoms with E-state index >= 15 is 0 Å². The van der Waals surface area contributed by atoms with E-state index in [1.165, 1.54) is 16.9 Å². The molecule has 0 bridgehead atoms. The van der Waals surface area contributed by atoms with Crippen molar-refractivity contribution in [2.45, 2.75) is 39.5 Å². The number of aryl methyl sites for hydroxylation is 1. The van der Waals surface area contributed by atoms with E-state index < -0.39 is 0 Å². The molecule has 2 heterocycles. The van der Waals surface area contributed by atoms with Crippen LogP contribution < -0.4 is 5.32 Å². The first-order valence-electron chi connectivity index (χ1n) is 9.45. The summed E-state index contributed by atoms with van der Waals surface area (Å²) in [4.78, 5) is 23.4. The van der Waals surface area contributed by atoms with E-state index in [0.717, 1.165) is 46.9 Å². The summed E-state index contributed by atoms with van der Waals surface area (Å²) in [6.07, 6.45) is 5.86. The fourth-order valence-electron chi connectivity index (χ4n) is 3.47. The third kappa shape index (κ3) is 4.13. The zero-order valence-corrected chi connectivity index (χ0v) is 17.7. The van der Waals surface area contributed by atoms with Crippen molar-refractivity contribution in [2.75, 3.05) is 11.9 Å². The fraction of sp³-hybridized carbons (Fsp3) is 0.381. The van der Waals surface area contributed by atoms with E-state index in [0.29, 0.717) is 12.2 Å². The van der Waals surface area contributed by atoms with Gasteiger partial charge in [-0.25, -0.2) is 14.8 Å². The number of anilines is 2. The average molecular weight is 418 g/mol. The number of hydrogen-bond donors (Lipinski definition) is 1. The first kappa shape index (κ1) is 20.6. The highest BCUT2D eigenvalue weighted by Crippen LogP contribution is 2.40. The molecule has 2 aromatic heterocycles. The van der Waals surface area contributed by atoms with Gasteiger partial charge in [-0.2, -0.15) is 0 Å². The Bertz CT molecular complexity index is 972. The van der Waals surface area contributed by atoms with Crippen LogP contribution in [-0.4, -0.2) is 22.5 Å². The van der Waals surface area contributed by atoms with Gasteiger partial charge in [0.05, 0.1) is 17.6 Å². The van der Waals surface area contributed by atoms with E-state index in [1.807, 2.05) is 19.1 Å². The molecule has 0 fully saturated rings. The van der Waals surface area contributed by atoms with Gasteiger partial charge >= 0.3 is 5.97 Å². The number of nitrogens with one attached hydrogen (secondary N) is 1. The highest BCUT2D eigenvalue weighted by molar-refractivity contribution is 7.19. The Morgan fingerprint density at radius 3 is 2.82 bits per heavy atom. The lowest BCUT2D eigenvalue weighted by molar-refractivity contribution is 0.0505. The minimum atomic E-state index is -0.283. The molecule has 148 valence electrons. The largest absolute Gasteiger partial charge is 0.462 e. The number of nitrogens with zero attached hydrogens (tertiary/aromatic N) is 2. The lowest BCUT2D eigenvalue weighted by Gasteiger charge is -2.18. The zero-order valence-electron chi connectivity index (χ0n) is 16.0. The molecule has 0 saturated heterocycles. The Morgan fingerprint density at radius 1 is 1.29 bits per heavy atom. The van der Waals surface area contributed by atoms with Crippen LogP contribution in [0, 0.1) is 5.92 Å². The predicted octanol–water partition coefficient (Wildman–Crippen LogP) is 5.55. The molecule has 7 heteroatoms. The quantitative estimate of drug-likeness (QED) is 0.551. The summed E-state index contributed by atoms with van der Waals surface area (Å²) in [7, 11) is 0. The van der Waals surface area contributed by atoms with Gasteiger partial charge in [-0.1, -0.05) is 13.8 Å². The van der Waals surface area contributed by atoms with Gasteiger partial charge in [0.2, 0.25) is 0 Å². The predicted molar refractivity (Wildman–Crippen MR) is 116 cm³/mol. The molecule has 0 aliphatic heterocycles. The number of fused-ring (bicyclic) bond motifs is 3. The number of benzene rings is 1. The van der Waals surface area contributed by atoms with Crippen LogP contribution in [0.3, 0.4) is 0 Å². The van der Waals surface area contributed by atoms with E-state index in [9.17, 15) is 4.79 Å². The standard InChI is InChI=1S/C21H23N3O2S.ClH/c1-3-10-26-21(25)14-5-7-15(8-6-14)24-19-18-16-9-4-13(2)11-17(16)27-20(18)23-12-22-19;/h5-8,12-13H,3-4,9-11H2,1-2H3,(H,22,23,24);1H. The molecule has 1 aliphatic carbocycles. The van der Waals surface area contributed by atoms with Crippen LogP contribution >= 0.6 is 23.7 Å². The Balaban J connectivity index is 0.00000225. The smallest absolute Gasteiger partial charge is 0.338 e. The summed E-state index contributed by atoms with van der Waals surface area (Å²) in [5, 5.41) is 4.56. The first-order chi connectivity index (χ1) is 13.2. The van der Waals surface area contributed by atoms with Gasteiger partial charge in [0, 0.05) is 10.6 Å². The second-order valence-corrected chi connectivity index (χ2v) is 8.18. The van der Waals surface area contributed by atoms with Crippen molar-refractivity contribution < 1.29 is 9.53 Å². The lowest BCUT2D eigenvalue weighted by Crippen LogP contribution is -2.09. The second-order valence-electron chi connectivity index (χ2n) is 7.09. The topological polar surface area (TPSA) is 64.1 Å². The molecule has 1 unspecified atom stereocenters. The third-order valence-corrected chi connectivity index (χ3v) is 6.07. The lowest BCUT2D eigenvalue weighted by atomic mass is 9.89. The van der Waals surface area contributed by atoms with Crippen molar-refractivity contribution in [3.05, 3.63) is 46.6 Å². The number of rotatable bonds is 5. The van der Waals surface area contributed by atoms with Gasteiger partial charge in [0.1, 0.15) is 17.0 Å². The third-order valence-electron chi connectivity index (χ3n) is 4.91. The highest BCUT2D eigenvalue weighted by atomic mass is 35.5. The van der Waals surface area contributed by atoms with Gasteiger partial charge in [0.15, 0.2) is 0 Å². The normalized spacial score (nSPS) is 15.6. The molecular weight excluding hydrogens is 394 g/mol. The van der Waals surface area contributed by atoms with Crippen LogP contribution in [0.4, 0.5) is 11.5 Å². The summed E-state index contributed by atoms with van der Waals surface area (Å²) >= 11 is 1.79. The number of ether oxygens (including phenoxy) is 1. The van der Waals surface area contributed by atoms with Crippen LogP contribution in [0.2, 0.25) is 0 Å². The molecule has 1 aromatic carbocycles. The summed E-state index contributed by atoms with van der Waals surface area (Å²) in [6.45, 7) is 4.73. The highest BCUT2D eigenvalue weighted by Gasteiger charge is 2.23. The zero-order chi connectivity index (χ0) is 18.8. The molecule has 4 rings (SSSR count). The van der Waals surface area contributed by atoms with Gasteiger partial charge in [0.25, 0.3) is 0 Å². The molecule has 0 saturated carbocycles. The molecule has 0 radical (unpaired) electrons. The Morgan fingerprint density at radius 2 is 2.07 bits per heavy atom. The Kier molecular flexibility index (Phi) is 6.52. The van der Waals surface area contributed by atoms with Gasteiger partial charge in [-0.05, 0) is 61.4 Å². The van der Waals surface area contributed by atoms with Crippen molar-refractivity contribution in [1.29, 1.82) is 0 Å². The van der Waals surface area contributed by atoms with Crippen molar-refractivity contribution in [3.63, 3.8) is 0 Å². The molecule has 1 atom stereocenters. The number of hydrogen-bond acceptors (Lipinski definition) is 6. The Labute approximate surface area is 175 Å². The van der Waals surface area contributed by atoms with Crippen LogP contribution in [-0.2, 0) is 17.6 Å². The van der Waals surface area contributed by atoms with Crippen molar-refractivity contribution in [3.8, 4) is 0 Å². The first-order valence-corrected chi connectivity index (χ1v) is 10.3. The van der Waals surface area contributed by atoms with Crippen LogP contribution in [0.5, 0.6) is 0 Å². The molecule has 1 N–H and O–H groups in total. The number of carbonyl (C=O) groups is 1. The molecular formula is C21H24ClN3O2S.